The minimum Gasteiger partial charge on any atom is -0.394 e. The lowest BCUT2D eigenvalue weighted by molar-refractivity contribution is -0.545. The smallest absolute Gasteiger partial charge is 0.394 e. The number of carbonyl (C=O) groups excluding carboxylic acids is 1. The van der Waals surface area contributed by atoms with Gasteiger partial charge in [-0.25, -0.2) is 4.39 Å². The zero-order chi connectivity index (χ0) is 30.9. The Hall–Kier alpha value is -1.73. The van der Waals surface area contributed by atoms with Crippen LogP contribution in [0.3, 0.4) is 0 Å². The van der Waals surface area contributed by atoms with Gasteiger partial charge in [-0.15, -0.1) is 0 Å². The largest absolute Gasteiger partial charge is 0.462 e. The molecule has 5 atom stereocenters. The summed E-state index contributed by atoms with van der Waals surface area (Å²) in [6.07, 6.45) is -52.2. The molecular formula is C14H12F16O8. The molecule has 0 aromatic heterocycles. The molecule has 38 heavy (non-hydrogen) atoms. The van der Waals surface area contributed by atoms with Gasteiger partial charge in [0, 0.05) is 0 Å². The fraction of sp³-hybridized carbons (Fsp3) is 0.929. The molecule has 0 aliphatic rings. The highest BCUT2D eigenvalue weighted by molar-refractivity contribution is 5.84. The third kappa shape index (κ3) is 7.26. The number of rotatable bonds is 14. The van der Waals surface area contributed by atoms with Crippen molar-refractivity contribution in [2.24, 2.45) is 0 Å². The van der Waals surface area contributed by atoms with Gasteiger partial charge in [0.15, 0.2) is 11.9 Å². The molecule has 0 fully saturated rings. The van der Waals surface area contributed by atoms with E-state index in [0.29, 0.717) is 0 Å². The van der Waals surface area contributed by atoms with Crippen molar-refractivity contribution in [2.45, 2.75) is 67.1 Å². The molecule has 0 aromatic carbocycles. The summed E-state index contributed by atoms with van der Waals surface area (Å²) in [6, 6.07) is 0. The quantitative estimate of drug-likeness (QED) is 0.220. The predicted molar refractivity (Wildman–Crippen MR) is 78.9 cm³/mol. The topological polar surface area (TPSA) is 126 Å². The van der Waals surface area contributed by atoms with Crippen LogP contribution in [-0.2, 0) is 19.0 Å². The highest BCUT2D eigenvalue weighted by Gasteiger charge is 2.84. The number of ether oxygens (including phenoxy) is 3. The molecule has 0 saturated carbocycles. The predicted octanol–water partition coefficient (Wildman–Crippen LogP) is 2.18. The van der Waals surface area contributed by atoms with Crippen LogP contribution in [0.4, 0.5) is 70.2 Å². The molecule has 0 saturated heterocycles. The van der Waals surface area contributed by atoms with Gasteiger partial charge in [0.2, 0.25) is 0 Å². The molecule has 8 nitrogen and oxygen atoms in total. The molecule has 0 rings (SSSR count). The van der Waals surface area contributed by atoms with E-state index in [9.17, 15) is 80.1 Å². The van der Waals surface area contributed by atoms with E-state index in [1.54, 1.807) is 0 Å². The average Bonchev–Trinajstić information content (AvgIpc) is 2.73. The molecule has 0 heterocycles. The number of ketones is 1. The highest BCUT2D eigenvalue weighted by atomic mass is 19.4. The summed E-state index contributed by atoms with van der Waals surface area (Å²) in [4.78, 5) is 11.3. The van der Waals surface area contributed by atoms with E-state index in [1.165, 1.54) is 4.74 Å². The summed E-state index contributed by atoms with van der Waals surface area (Å²) in [5.41, 5.74) is 0. The number of alkyl halides is 16. The van der Waals surface area contributed by atoms with Gasteiger partial charge >= 0.3 is 42.5 Å². The zero-order valence-electron chi connectivity index (χ0n) is 17.2. The van der Waals surface area contributed by atoms with Crippen LogP contribution in [0.2, 0.25) is 0 Å². The first-order chi connectivity index (χ1) is 16.6. The molecule has 228 valence electrons. The van der Waals surface area contributed by atoms with E-state index in [2.05, 4.69) is 4.74 Å². The maximum Gasteiger partial charge on any atom is 0.462 e. The number of halogens is 16. The Kier molecular flexibility index (Phi) is 10.9. The van der Waals surface area contributed by atoms with Crippen molar-refractivity contribution < 1.29 is 110 Å². The SMILES string of the molecule is O=C(CO)[C@@H](OC(F)(F)C(F)OC(F)(F)C(F)(OC(F)(F)C(F)(F)C(F)(F)F)C(F)(F)F)[C@H](O)[C@H](O)CO. The molecule has 0 aromatic rings. The highest BCUT2D eigenvalue weighted by Crippen LogP contribution is 2.55. The Morgan fingerprint density at radius 3 is 1.50 bits per heavy atom. The van der Waals surface area contributed by atoms with Crippen molar-refractivity contribution in [3.05, 3.63) is 0 Å². The molecular weight excluding hydrogens is 600 g/mol. The van der Waals surface area contributed by atoms with E-state index in [0.717, 1.165) is 0 Å². The summed E-state index contributed by atoms with van der Waals surface area (Å²) < 4.78 is 215. The number of carbonyl (C=O) groups is 1. The fourth-order valence-electron chi connectivity index (χ4n) is 1.91. The first-order valence-electron chi connectivity index (χ1n) is 8.70. The van der Waals surface area contributed by atoms with Crippen LogP contribution in [0.5, 0.6) is 0 Å². The second-order valence-electron chi connectivity index (χ2n) is 6.70. The van der Waals surface area contributed by atoms with Gasteiger partial charge in [0.05, 0.1) is 6.61 Å². The van der Waals surface area contributed by atoms with Gasteiger partial charge in [-0.3, -0.25) is 14.3 Å². The maximum atomic E-state index is 13.9. The third-order valence-corrected chi connectivity index (χ3v) is 3.89. The van der Waals surface area contributed by atoms with Crippen molar-refractivity contribution >= 4 is 5.78 Å². The molecule has 0 radical (unpaired) electrons. The normalized spacial score (nSPS) is 19.5. The first-order valence-corrected chi connectivity index (χ1v) is 8.70. The zero-order valence-corrected chi connectivity index (χ0v) is 17.2. The minimum atomic E-state index is -7.94. The number of Topliss-reactive ketones (excluding diaryl/α,β-unsaturated/α-hetero) is 1. The molecule has 0 aliphatic heterocycles. The van der Waals surface area contributed by atoms with Crippen molar-refractivity contribution in [1.82, 2.24) is 0 Å². The lowest BCUT2D eigenvalue weighted by Crippen LogP contribution is -2.66. The molecule has 4 N–H and O–H groups in total. The molecule has 24 heteroatoms. The van der Waals surface area contributed by atoms with E-state index >= 15 is 0 Å². The summed E-state index contributed by atoms with van der Waals surface area (Å²) in [5.74, 6) is -18.0. The minimum absolute atomic E-state index is 1.37. The molecule has 0 aliphatic carbocycles. The van der Waals surface area contributed by atoms with E-state index in [1.807, 2.05) is 4.74 Å². The van der Waals surface area contributed by atoms with Gasteiger partial charge in [0.25, 0.3) is 6.36 Å². The fourth-order valence-corrected chi connectivity index (χ4v) is 1.91. The van der Waals surface area contributed by atoms with Crippen LogP contribution in [0.1, 0.15) is 0 Å². The van der Waals surface area contributed by atoms with Crippen LogP contribution in [0.25, 0.3) is 0 Å². The molecule has 2 unspecified atom stereocenters. The lowest BCUT2D eigenvalue weighted by atomic mass is 10.0. The Balaban J connectivity index is 6.36. The van der Waals surface area contributed by atoms with E-state index < -0.39 is 86.1 Å². The summed E-state index contributed by atoms with van der Waals surface area (Å²) in [6.45, 7) is -3.55. The van der Waals surface area contributed by atoms with Gasteiger partial charge in [0.1, 0.15) is 18.8 Å². The summed E-state index contributed by atoms with van der Waals surface area (Å²) in [5, 5.41) is 35.6. The third-order valence-electron chi connectivity index (χ3n) is 3.89. The number of hydrogen-bond acceptors (Lipinski definition) is 8. The van der Waals surface area contributed by atoms with Crippen LogP contribution < -0.4 is 0 Å². The van der Waals surface area contributed by atoms with Gasteiger partial charge in [-0.2, -0.15) is 65.9 Å². The van der Waals surface area contributed by atoms with Crippen molar-refractivity contribution in [3.8, 4) is 0 Å². The summed E-state index contributed by atoms with van der Waals surface area (Å²) >= 11 is 0. The number of aliphatic hydroxyl groups excluding tert-OH is 4. The van der Waals surface area contributed by atoms with Crippen molar-refractivity contribution in [2.75, 3.05) is 13.2 Å². The molecule has 0 spiro atoms. The first kappa shape index (κ1) is 36.3. The molecule has 0 bridgehead atoms. The Labute approximate surface area is 197 Å². The Morgan fingerprint density at radius 1 is 0.711 bits per heavy atom. The second-order valence-corrected chi connectivity index (χ2v) is 6.70. The second kappa shape index (κ2) is 11.4. The number of aliphatic hydroxyl groups is 4. The monoisotopic (exact) mass is 612 g/mol. The standard InChI is InChI=1S/C14H12F16O8/c15-7(8(16,17)36-6(4(34)2-32)5(35)3(33)1-31)37-14(29,30)10(20,12(24,25)26)38-13(27,28)9(18,19)11(21,22)23/h3,5-7,31-33,35H,1-2H2/t3-,5-,6-,7?,10?/m1/s1. The van der Waals surface area contributed by atoms with Gasteiger partial charge < -0.3 is 25.2 Å². The van der Waals surface area contributed by atoms with Crippen LogP contribution in [0.15, 0.2) is 0 Å². The van der Waals surface area contributed by atoms with E-state index in [-0.39, 0.29) is 0 Å². The van der Waals surface area contributed by atoms with Gasteiger partial charge in [-0.1, -0.05) is 0 Å². The van der Waals surface area contributed by atoms with Gasteiger partial charge in [-0.05, 0) is 0 Å². The maximum absolute atomic E-state index is 13.9. The molecule has 0 amide bonds. The van der Waals surface area contributed by atoms with E-state index in [4.69, 9.17) is 15.3 Å². The Bertz CT molecular complexity index is 802. The van der Waals surface area contributed by atoms with Crippen LogP contribution in [-0.4, -0.2) is 107 Å². The summed E-state index contributed by atoms with van der Waals surface area (Å²) in [7, 11) is 0. The van der Waals surface area contributed by atoms with Crippen molar-refractivity contribution in [1.29, 1.82) is 0 Å². The lowest BCUT2D eigenvalue weighted by Gasteiger charge is -2.39. The number of hydrogen-bond donors (Lipinski definition) is 4. The average molecular weight is 612 g/mol. The van der Waals surface area contributed by atoms with Crippen molar-refractivity contribution in [3.63, 3.8) is 0 Å². The van der Waals surface area contributed by atoms with Crippen LogP contribution >= 0.6 is 0 Å². The van der Waals surface area contributed by atoms with Crippen LogP contribution in [0, 0.1) is 0 Å². The Morgan fingerprint density at radius 2 is 1.16 bits per heavy atom.